The highest BCUT2D eigenvalue weighted by Gasteiger charge is 2.47. The average Bonchev–Trinajstić information content (AvgIpc) is 2.83. The lowest BCUT2D eigenvalue weighted by molar-refractivity contribution is -0.384. The highest BCUT2D eigenvalue weighted by molar-refractivity contribution is 6.09. The van der Waals surface area contributed by atoms with Gasteiger partial charge in [-0.1, -0.05) is 12.2 Å². The number of hydrogen-bond acceptors (Lipinski definition) is 5. The number of nitro groups is 1. The Bertz CT molecular complexity index is 819. The van der Waals surface area contributed by atoms with Crippen molar-refractivity contribution in [3.63, 3.8) is 0 Å². The van der Waals surface area contributed by atoms with Gasteiger partial charge in [-0.2, -0.15) is 0 Å². The molecule has 0 bridgehead atoms. The summed E-state index contributed by atoms with van der Waals surface area (Å²) in [6.07, 6.45) is 4.73. The summed E-state index contributed by atoms with van der Waals surface area (Å²) in [5, 5.41) is 13.7. The number of allylic oxidation sites excluding steroid dienone is 2. The summed E-state index contributed by atoms with van der Waals surface area (Å²) in [5.41, 5.74) is 1.35. The fraction of sp³-hybridized carbons (Fsp3) is 0.389. The van der Waals surface area contributed by atoms with Crippen molar-refractivity contribution in [2.45, 2.75) is 26.7 Å². The molecule has 136 valence electrons. The average molecular weight is 357 g/mol. The third-order valence-electron chi connectivity index (χ3n) is 4.98. The molecular formula is C18H19N3O5. The second-order valence-electron chi connectivity index (χ2n) is 6.68. The summed E-state index contributed by atoms with van der Waals surface area (Å²) in [6.45, 7) is 3.08. The molecule has 3 rings (SSSR count). The summed E-state index contributed by atoms with van der Waals surface area (Å²) in [4.78, 5) is 48.7. The van der Waals surface area contributed by atoms with Crippen LogP contribution in [-0.2, 0) is 14.4 Å². The van der Waals surface area contributed by atoms with Crippen molar-refractivity contribution in [3.05, 3.63) is 45.5 Å². The number of rotatable bonds is 4. The quantitative estimate of drug-likeness (QED) is 0.384. The van der Waals surface area contributed by atoms with Crippen molar-refractivity contribution in [3.8, 4) is 0 Å². The Kier molecular flexibility index (Phi) is 4.58. The number of anilines is 1. The van der Waals surface area contributed by atoms with Crippen LogP contribution in [0.25, 0.3) is 0 Å². The Labute approximate surface area is 150 Å². The molecule has 8 heteroatoms. The van der Waals surface area contributed by atoms with Gasteiger partial charge in [0.1, 0.15) is 12.2 Å². The Hall–Kier alpha value is -3.03. The molecule has 2 aliphatic rings. The minimum atomic E-state index is -0.635. The summed E-state index contributed by atoms with van der Waals surface area (Å²) in [7, 11) is 0. The van der Waals surface area contributed by atoms with E-state index in [2.05, 4.69) is 5.32 Å². The van der Waals surface area contributed by atoms with E-state index in [1.165, 1.54) is 12.1 Å². The van der Waals surface area contributed by atoms with Crippen molar-refractivity contribution in [2.75, 3.05) is 11.9 Å². The van der Waals surface area contributed by atoms with Crippen LogP contribution < -0.4 is 5.32 Å². The van der Waals surface area contributed by atoms with Gasteiger partial charge in [0.05, 0.1) is 16.8 Å². The zero-order valence-corrected chi connectivity index (χ0v) is 14.5. The number of carbonyl (C=O) groups is 3. The molecule has 1 fully saturated rings. The van der Waals surface area contributed by atoms with E-state index in [1.54, 1.807) is 13.8 Å². The van der Waals surface area contributed by atoms with E-state index in [4.69, 9.17) is 0 Å². The number of amides is 3. The first-order valence-electron chi connectivity index (χ1n) is 8.35. The van der Waals surface area contributed by atoms with E-state index in [1.807, 2.05) is 12.2 Å². The van der Waals surface area contributed by atoms with E-state index in [0.29, 0.717) is 12.8 Å². The van der Waals surface area contributed by atoms with E-state index < -0.39 is 29.2 Å². The smallest absolute Gasteiger partial charge is 0.293 e. The van der Waals surface area contributed by atoms with Gasteiger partial charge in [0, 0.05) is 6.07 Å². The van der Waals surface area contributed by atoms with Crippen LogP contribution in [0.15, 0.2) is 24.3 Å². The predicted molar refractivity (Wildman–Crippen MR) is 93.3 cm³/mol. The molecule has 0 spiro atoms. The zero-order chi connectivity index (χ0) is 19.0. The second-order valence-corrected chi connectivity index (χ2v) is 6.68. The van der Waals surface area contributed by atoms with Crippen molar-refractivity contribution in [1.29, 1.82) is 0 Å². The fourth-order valence-electron chi connectivity index (χ4n) is 3.41. The third-order valence-corrected chi connectivity index (χ3v) is 4.98. The van der Waals surface area contributed by atoms with Crippen molar-refractivity contribution in [2.24, 2.45) is 11.8 Å². The summed E-state index contributed by atoms with van der Waals surface area (Å²) in [5.74, 6) is -2.15. The number of imide groups is 1. The number of nitro benzene ring substituents is 1. The first-order chi connectivity index (χ1) is 12.3. The normalized spacial score (nSPS) is 21.7. The van der Waals surface area contributed by atoms with Crippen LogP contribution >= 0.6 is 0 Å². The molecule has 0 unspecified atom stereocenters. The van der Waals surface area contributed by atoms with Crippen molar-refractivity contribution < 1.29 is 19.3 Å². The van der Waals surface area contributed by atoms with Crippen LogP contribution in [0.3, 0.4) is 0 Å². The Morgan fingerprint density at radius 2 is 1.69 bits per heavy atom. The highest BCUT2D eigenvalue weighted by atomic mass is 16.6. The molecule has 0 saturated carbocycles. The molecule has 1 aromatic carbocycles. The van der Waals surface area contributed by atoms with E-state index >= 15 is 0 Å². The molecule has 1 N–H and O–H groups in total. The molecule has 1 aliphatic carbocycles. The number of hydrogen-bond donors (Lipinski definition) is 1. The van der Waals surface area contributed by atoms with Gasteiger partial charge in [0.25, 0.3) is 5.69 Å². The van der Waals surface area contributed by atoms with Gasteiger partial charge < -0.3 is 5.32 Å². The van der Waals surface area contributed by atoms with Gasteiger partial charge in [-0.05, 0) is 43.9 Å². The number of benzene rings is 1. The lowest BCUT2D eigenvalue weighted by atomic mass is 9.85. The number of nitrogens with one attached hydrogen (secondary N) is 1. The van der Waals surface area contributed by atoms with Crippen LogP contribution in [0.5, 0.6) is 0 Å². The molecule has 1 saturated heterocycles. The maximum Gasteiger partial charge on any atom is 0.293 e. The van der Waals surface area contributed by atoms with E-state index in [-0.39, 0.29) is 23.2 Å². The largest absolute Gasteiger partial charge is 0.319 e. The second kappa shape index (κ2) is 6.70. The molecule has 8 nitrogen and oxygen atoms in total. The Morgan fingerprint density at radius 3 is 2.23 bits per heavy atom. The number of carbonyl (C=O) groups excluding carboxylic acids is 3. The topological polar surface area (TPSA) is 110 Å². The van der Waals surface area contributed by atoms with Gasteiger partial charge in [0.15, 0.2) is 0 Å². The first kappa shape index (κ1) is 17.8. The van der Waals surface area contributed by atoms with Gasteiger partial charge in [0.2, 0.25) is 17.7 Å². The fourth-order valence-corrected chi connectivity index (χ4v) is 3.41. The van der Waals surface area contributed by atoms with Crippen LogP contribution in [0, 0.1) is 35.8 Å². The van der Waals surface area contributed by atoms with Crippen molar-refractivity contribution in [1.82, 2.24) is 4.90 Å². The molecule has 26 heavy (non-hydrogen) atoms. The lowest BCUT2D eigenvalue weighted by Crippen LogP contribution is -2.38. The standard InChI is InChI=1S/C18H19N3O5/c1-10-7-14(15(21(25)26)8-11(10)2)19-16(22)9-20-17(23)12-5-3-4-6-13(12)18(20)24/h3-4,7-8,12-13H,5-6,9H2,1-2H3,(H,19,22)/t12-,13+. The molecule has 1 aliphatic heterocycles. The maximum atomic E-state index is 12.4. The molecular weight excluding hydrogens is 338 g/mol. The molecule has 2 atom stereocenters. The van der Waals surface area contributed by atoms with Gasteiger partial charge >= 0.3 is 0 Å². The highest BCUT2D eigenvalue weighted by Crippen LogP contribution is 2.35. The summed E-state index contributed by atoms with van der Waals surface area (Å²) < 4.78 is 0. The number of likely N-dealkylation sites (tertiary alicyclic amines) is 1. The third kappa shape index (κ3) is 3.10. The molecule has 3 amide bonds. The van der Waals surface area contributed by atoms with Crippen LogP contribution in [-0.4, -0.2) is 34.1 Å². The maximum absolute atomic E-state index is 12.4. The van der Waals surface area contributed by atoms with Crippen LogP contribution in [0.4, 0.5) is 11.4 Å². The molecule has 0 radical (unpaired) electrons. The van der Waals surface area contributed by atoms with Gasteiger partial charge in [-0.3, -0.25) is 29.4 Å². The number of fused-ring (bicyclic) bond motifs is 1. The monoisotopic (exact) mass is 357 g/mol. The van der Waals surface area contributed by atoms with Crippen LogP contribution in [0.1, 0.15) is 24.0 Å². The van der Waals surface area contributed by atoms with Crippen molar-refractivity contribution >= 4 is 29.1 Å². The van der Waals surface area contributed by atoms with E-state index in [9.17, 15) is 24.5 Å². The molecule has 1 heterocycles. The molecule has 0 aromatic heterocycles. The van der Waals surface area contributed by atoms with Gasteiger partial charge in [-0.15, -0.1) is 0 Å². The molecule has 1 aromatic rings. The minimum absolute atomic E-state index is 0.0567. The Morgan fingerprint density at radius 1 is 1.15 bits per heavy atom. The van der Waals surface area contributed by atoms with Crippen LogP contribution in [0.2, 0.25) is 0 Å². The van der Waals surface area contributed by atoms with Gasteiger partial charge in [-0.25, -0.2) is 0 Å². The SMILES string of the molecule is Cc1cc(NC(=O)CN2C(=O)[C@H]3CC=CC[C@H]3C2=O)c([N+](=O)[O-])cc1C. The lowest BCUT2D eigenvalue weighted by Gasteiger charge is -2.15. The number of nitrogens with zero attached hydrogens (tertiary/aromatic N) is 2. The number of aryl methyl sites for hydroxylation is 2. The summed E-state index contributed by atoms with van der Waals surface area (Å²) >= 11 is 0. The van der Waals surface area contributed by atoms with E-state index in [0.717, 1.165) is 16.0 Å². The predicted octanol–water partition coefficient (Wildman–Crippen LogP) is 2.10. The Balaban J connectivity index is 1.76. The summed E-state index contributed by atoms with van der Waals surface area (Å²) in [6, 6.07) is 2.90. The first-order valence-corrected chi connectivity index (χ1v) is 8.35. The zero-order valence-electron chi connectivity index (χ0n) is 14.5. The minimum Gasteiger partial charge on any atom is -0.319 e.